The summed E-state index contributed by atoms with van der Waals surface area (Å²) in [5.74, 6) is 1.54. The molecule has 7 heteroatoms. The number of phenols is 1. The molecule has 5 rings (SSSR count). The molecule has 1 amide bonds. The molecule has 1 N–H and O–H groups in total. The third-order valence-electron chi connectivity index (χ3n) is 6.41. The molecule has 0 aromatic heterocycles. The van der Waals surface area contributed by atoms with Crippen molar-refractivity contribution < 1.29 is 19.4 Å². The van der Waals surface area contributed by atoms with Crippen LogP contribution in [-0.4, -0.2) is 52.6 Å². The van der Waals surface area contributed by atoms with E-state index < -0.39 is 5.72 Å². The van der Waals surface area contributed by atoms with Gasteiger partial charge in [-0.05, 0) is 24.3 Å². The number of methoxy groups -OCH3 is 1. The maximum atomic E-state index is 11.8. The first kappa shape index (κ1) is 18.8. The van der Waals surface area contributed by atoms with E-state index in [-0.39, 0.29) is 17.7 Å². The third kappa shape index (κ3) is 2.88. The number of aromatic hydroxyl groups is 1. The van der Waals surface area contributed by atoms with E-state index >= 15 is 0 Å². The number of hydrazone groups is 1. The van der Waals surface area contributed by atoms with Crippen LogP contribution in [0.25, 0.3) is 0 Å². The van der Waals surface area contributed by atoms with Gasteiger partial charge in [-0.2, -0.15) is 5.10 Å². The number of hydrogen-bond donors (Lipinski definition) is 1. The standard InChI is InChI=1S/C23H25N3O4/c1-15(27)25-11-9-23(10-12-25)26-19(17-5-3-4-6-21(17)30-23)14-18(24-26)16-7-8-20(28)22(13-16)29-2/h3-8,13,19,28H,9-12,14H2,1-2H3/t19-/m0/s1. The Bertz CT molecular complexity index is 1030. The Morgan fingerprint density at radius 3 is 2.73 bits per heavy atom. The van der Waals surface area contributed by atoms with Crippen LogP contribution in [-0.2, 0) is 4.79 Å². The molecule has 156 valence electrons. The first-order valence-electron chi connectivity index (χ1n) is 10.3. The van der Waals surface area contributed by atoms with E-state index in [0.29, 0.717) is 31.7 Å². The lowest BCUT2D eigenvalue weighted by atomic mass is 9.90. The molecule has 1 spiro atoms. The number of benzene rings is 2. The van der Waals surface area contributed by atoms with Crippen molar-refractivity contribution in [3.63, 3.8) is 0 Å². The van der Waals surface area contributed by atoms with E-state index in [0.717, 1.165) is 29.0 Å². The zero-order chi connectivity index (χ0) is 20.9. The van der Waals surface area contributed by atoms with Gasteiger partial charge < -0.3 is 19.5 Å². The zero-order valence-electron chi connectivity index (χ0n) is 17.2. The number of fused-ring (bicyclic) bond motifs is 4. The Balaban J connectivity index is 1.54. The molecule has 0 radical (unpaired) electrons. The van der Waals surface area contributed by atoms with Crippen LogP contribution in [0, 0.1) is 0 Å². The Morgan fingerprint density at radius 1 is 1.23 bits per heavy atom. The second-order valence-corrected chi connectivity index (χ2v) is 8.09. The van der Waals surface area contributed by atoms with E-state index in [9.17, 15) is 9.90 Å². The predicted molar refractivity (Wildman–Crippen MR) is 112 cm³/mol. The van der Waals surface area contributed by atoms with Crippen molar-refractivity contribution in [1.29, 1.82) is 0 Å². The lowest BCUT2D eigenvalue weighted by Crippen LogP contribution is -2.59. The van der Waals surface area contributed by atoms with Crippen molar-refractivity contribution in [2.75, 3.05) is 20.2 Å². The second-order valence-electron chi connectivity index (χ2n) is 8.09. The zero-order valence-corrected chi connectivity index (χ0v) is 17.2. The highest BCUT2D eigenvalue weighted by atomic mass is 16.5. The van der Waals surface area contributed by atoms with Gasteiger partial charge in [0.25, 0.3) is 0 Å². The fraction of sp³-hybridized carbons (Fsp3) is 0.391. The summed E-state index contributed by atoms with van der Waals surface area (Å²) in [5.41, 5.74) is 2.43. The third-order valence-corrected chi connectivity index (χ3v) is 6.41. The van der Waals surface area contributed by atoms with Gasteiger partial charge in [0.15, 0.2) is 11.5 Å². The summed E-state index contributed by atoms with van der Waals surface area (Å²) in [5, 5.41) is 17.1. The van der Waals surface area contributed by atoms with Crippen LogP contribution in [0.4, 0.5) is 0 Å². The van der Waals surface area contributed by atoms with Crippen molar-refractivity contribution >= 4 is 11.6 Å². The molecule has 2 aromatic rings. The predicted octanol–water partition coefficient (Wildman–Crippen LogP) is 3.28. The SMILES string of the molecule is COc1cc(C2=NN3[C@@H](C2)c2ccccc2OC32CCN(C(C)=O)CC2)ccc1O. The fourth-order valence-electron chi connectivity index (χ4n) is 4.76. The molecule has 0 aliphatic carbocycles. The average Bonchev–Trinajstić information content (AvgIpc) is 3.21. The first-order chi connectivity index (χ1) is 14.5. The van der Waals surface area contributed by atoms with E-state index in [4.69, 9.17) is 14.6 Å². The van der Waals surface area contributed by atoms with E-state index in [1.807, 2.05) is 35.2 Å². The lowest BCUT2D eigenvalue weighted by Gasteiger charge is -2.51. The van der Waals surface area contributed by atoms with E-state index in [1.165, 1.54) is 0 Å². The molecule has 1 fully saturated rings. The molecule has 2 aromatic carbocycles. The number of phenolic OH excluding ortho intramolecular Hbond substituents is 1. The largest absolute Gasteiger partial charge is 0.504 e. The molecule has 3 heterocycles. The molecular formula is C23H25N3O4. The van der Waals surface area contributed by atoms with Gasteiger partial charge in [-0.15, -0.1) is 0 Å². The number of carbonyl (C=O) groups excluding carboxylic acids is 1. The Hall–Kier alpha value is -3.22. The molecule has 30 heavy (non-hydrogen) atoms. The highest BCUT2D eigenvalue weighted by Crippen LogP contribution is 2.50. The normalized spacial score (nSPS) is 21.5. The number of para-hydroxylation sites is 1. The van der Waals surface area contributed by atoms with Crippen LogP contribution in [0.2, 0.25) is 0 Å². The van der Waals surface area contributed by atoms with E-state index in [2.05, 4.69) is 11.1 Å². The van der Waals surface area contributed by atoms with Gasteiger partial charge in [0.2, 0.25) is 11.6 Å². The van der Waals surface area contributed by atoms with Crippen LogP contribution < -0.4 is 9.47 Å². The van der Waals surface area contributed by atoms with Crippen LogP contribution in [0.3, 0.4) is 0 Å². The number of hydrogen-bond acceptors (Lipinski definition) is 6. The highest BCUT2D eigenvalue weighted by molar-refractivity contribution is 6.02. The number of rotatable bonds is 2. The van der Waals surface area contributed by atoms with Crippen LogP contribution in [0.1, 0.15) is 43.4 Å². The minimum absolute atomic E-state index is 0.0774. The summed E-state index contributed by atoms with van der Waals surface area (Å²) in [6, 6.07) is 13.5. The molecule has 0 bridgehead atoms. The molecule has 7 nitrogen and oxygen atoms in total. The Labute approximate surface area is 175 Å². The van der Waals surface area contributed by atoms with E-state index in [1.54, 1.807) is 20.1 Å². The van der Waals surface area contributed by atoms with Crippen molar-refractivity contribution in [1.82, 2.24) is 9.91 Å². The fourth-order valence-corrected chi connectivity index (χ4v) is 4.76. The summed E-state index contributed by atoms with van der Waals surface area (Å²) >= 11 is 0. The van der Waals surface area contributed by atoms with Gasteiger partial charge in [-0.25, -0.2) is 5.01 Å². The van der Waals surface area contributed by atoms with Crippen LogP contribution in [0.5, 0.6) is 17.2 Å². The van der Waals surface area contributed by atoms with Gasteiger partial charge in [0, 0.05) is 50.4 Å². The molecule has 0 saturated carbocycles. The summed E-state index contributed by atoms with van der Waals surface area (Å²) in [6.07, 6.45) is 2.15. The minimum atomic E-state index is -0.562. The topological polar surface area (TPSA) is 74.6 Å². The minimum Gasteiger partial charge on any atom is -0.504 e. The number of amides is 1. The summed E-state index contributed by atoms with van der Waals surface area (Å²) < 4.78 is 11.9. The van der Waals surface area contributed by atoms with Crippen molar-refractivity contribution in [3.05, 3.63) is 53.6 Å². The van der Waals surface area contributed by atoms with Crippen molar-refractivity contribution in [2.45, 2.75) is 38.0 Å². The first-order valence-corrected chi connectivity index (χ1v) is 10.3. The van der Waals surface area contributed by atoms with Crippen LogP contribution in [0.15, 0.2) is 47.6 Å². The van der Waals surface area contributed by atoms with Gasteiger partial charge in [-0.1, -0.05) is 18.2 Å². The Kier molecular flexibility index (Phi) is 4.34. The highest BCUT2D eigenvalue weighted by Gasteiger charge is 2.52. The maximum Gasteiger partial charge on any atom is 0.219 e. The molecular weight excluding hydrogens is 382 g/mol. The molecule has 0 unspecified atom stereocenters. The quantitative estimate of drug-likeness (QED) is 0.827. The Morgan fingerprint density at radius 2 is 2.00 bits per heavy atom. The van der Waals surface area contributed by atoms with Crippen molar-refractivity contribution in [2.24, 2.45) is 5.10 Å². The number of piperidine rings is 1. The monoisotopic (exact) mass is 407 g/mol. The number of ether oxygens (including phenoxy) is 2. The second kappa shape index (κ2) is 6.93. The summed E-state index contributed by atoms with van der Waals surface area (Å²) in [7, 11) is 1.54. The average molecular weight is 407 g/mol. The number of nitrogens with zero attached hydrogens (tertiary/aromatic N) is 3. The van der Waals surface area contributed by atoms with Crippen LogP contribution >= 0.6 is 0 Å². The molecule has 3 aliphatic heterocycles. The van der Waals surface area contributed by atoms with Gasteiger partial charge in [-0.3, -0.25) is 4.79 Å². The molecule has 1 saturated heterocycles. The van der Waals surface area contributed by atoms with Gasteiger partial charge >= 0.3 is 0 Å². The number of likely N-dealkylation sites (tertiary alicyclic amines) is 1. The summed E-state index contributed by atoms with van der Waals surface area (Å²) in [4.78, 5) is 13.7. The smallest absolute Gasteiger partial charge is 0.219 e. The molecule has 1 atom stereocenters. The maximum absolute atomic E-state index is 11.8. The van der Waals surface area contributed by atoms with Gasteiger partial charge in [0.1, 0.15) is 5.75 Å². The molecule has 3 aliphatic rings. The van der Waals surface area contributed by atoms with Gasteiger partial charge in [0.05, 0.1) is 18.9 Å². The van der Waals surface area contributed by atoms with Crippen molar-refractivity contribution in [3.8, 4) is 17.2 Å². The summed E-state index contributed by atoms with van der Waals surface area (Å²) in [6.45, 7) is 2.92. The number of carbonyl (C=O) groups is 1. The lowest BCUT2D eigenvalue weighted by molar-refractivity contribution is -0.158.